The maximum Gasteiger partial charge on any atom is 0.268 e. The van der Waals surface area contributed by atoms with E-state index in [1.165, 1.54) is 31.5 Å². The van der Waals surface area contributed by atoms with Gasteiger partial charge in [-0.1, -0.05) is 24.6 Å². The molecule has 0 radical (unpaired) electrons. The highest BCUT2D eigenvalue weighted by molar-refractivity contribution is 6.31. The van der Waals surface area contributed by atoms with Crippen molar-refractivity contribution in [3.8, 4) is 0 Å². The van der Waals surface area contributed by atoms with Gasteiger partial charge < -0.3 is 10.7 Å². The molecule has 1 fully saturated rings. The van der Waals surface area contributed by atoms with Gasteiger partial charge in [0.2, 0.25) is 0 Å². The molecule has 32 heavy (non-hydrogen) atoms. The fraction of sp³-hybridized carbons (Fsp3) is 0.318. The van der Waals surface area contributed by atoms with Crippen LogP contribution in [-0.2, 0) is 0 Å². The van der Waals surface area contributed by atoms with Crippen LogP contribution in [0.4, 0.5) is 17.6 Å². The number of primary amides is 1. The van der Waals surface area contributed by atoms with Crippen molar-refractivity contribution in [3.05, 3.63) is 74.8 Å². The number of amides is 1. The number of nitrogens with one attached hydrogen (secondary N) is 1. The Bertz CT molecular complexity index is 1210. The summed E-state index contributed by atoms with van der Waals surface area (Å²) in [6.07, 6.45) is 3.17. The molecule has 1 aliphatic rings. The number of carbonyl (C=O) groups is 1. The minimum Gasteiger partial charge on any atom is -0.364 e. The highest BCUT2D eigenvalue weighted by Gasteiger charge is 2.42. The van der Waals surface area contributed by atoms with Gasteiger partial charge in [-0.2, -0.15) is 0 Å². The summed E-state index contributed by atoms with van der Waals surface area (Å²) >= 11 is 5.75. The zero-order chi connectivity index (χ0) is 23.6. The number of hydrogen-bond donors (Lipinski definition) is 2. The van der Waals surface area contributed by atoms with E-state index in [1.54, 1.807) is 6.07 Å². The molecular formula is C22H20ClF4N3O2. The predicted octanol–water partition coefficient (Wildman–Crippen LogP) is 5.18. The van der Waals surface area contributed by atoms with Crippen LogP contribution in [0.3, 0.4) is 0 Å². The molecule has 1 amide bonds. The van der Waals surface area contributed by atoms with E-state index in [4.69, 9.17) is 17.3 Å². The Morgan fingerprint density at radius 2 is 1.97 bits per heavy atom. The summed E-state index contributed by atoms with van der Waals surface area (Å²) in [6, 6.07) is 5.33. The number of H-pyrrole nitrogens is 1. The molecule has 2 atom stereocenters. The molecule has 2 aromatic heterocycles. The van der Waals surface area contributed by atoms with E-state index in [0.717, 1.165) is 6.07 Å². The second-order valence-electron chi connectivity index (χ2n) is 7.69. The van der Waals surface area contributed by atoms with Crippen molar-refractivity contribution < 1.29 is 22.4 Å². The van der Waals surface area contributed by atoms with Crippen molar-refractivity contribution >= 4 is 28.4 Å². The lowest BCUT2D eigenvalue weighted by Crippen LogP contribution is -2.32. The van der Waals surface area contributed by atoms with Crippen LogP contribution in [0.1, 0.15) is 48.2 Å². The van der Waals surface area contributed by atoms with Crippen LogP contribution in [0.15, 0.2) is 41.5 Å². The third-order valence-electron chi connectivity index (χ3n) is 5.59. The average molecular weight is 470 g/mol. The molecule has 0 bridgehead atoms. The van der Waals surface area contributed by atoms with E-state index in [2.05, 4.69) is 9.97 Å². The molecule has 1 saturated carbocycles. The third-order valence-corrected chi connectivity index (χ3v) is 5.98. The monoisotopic (exact) mass is 469 g/mol. The number of alkyl halides is 2. The lowest BCUT2D eigenvalue weighted by Gasteiger charge is -2.34. The SMILES string of the molecule is CC1CC(c2ccc(F)c(F)c2Cl)CCC1(F)F.NC(=O)c1nccc2[nH]ccc(=O)c12. The number of pyridine rings is 2. The number of aromatic nitrogens is 2. The Hall–Kier alpha value is -2.94. The normalized spacial score (nSPS) is 19.8. The predicted molar refractivity (Wildman–Crippen MR) is 113 cm³/mol. The Balaban J connectivity index is 0.000000186. The molecule has 0 saturated heterocycles. The number of hydrogen-bond acceptors (Lipinski definition) is 3. The quantitative estimate of drug-likeness (QED) is 0.400. The summed E-state index contributed by atoms with van der Waals surface area (Å²) in [5, 5.41) is -0.0417. The van der Waals surface area contributed by atoms with E-state index < -0.39 is 29.4 Å². The number of fused-ring (bicyclic) bond motifs is 1. The molecular weight excluding hydrogens is 450 g/mol. The first-order chi connectivity index (χ1) is 15.0. The molecule has 3 aromatic rings. The van der Waals surface area contributed by atoms with Gasteiger partial charge in [0.25, 0.3) is 11.8 Å². The van der Waals surface area contributed by atoms with Gasteiger partial charge in [0, 0.05) is 30.8 Å². The number of carbonyl (C=O) groups excluding carboxylic acids is 1. The maximum absolute atomic E-state index is 13.4. The van der Waals surface area contributed by atoms with Gasteiger partial charge in [0.1, 0.15) is 5.69 Å². The fourth-order valence-corrected chi connectivity index (χ4v) is 4.09. The number of nitrogens with two attached hydrogens (primary N) is 1. The summed E-state index contributed by atoms with van der Waals surface area (Å²) in [5.74, 6) is -6.51. The molecule has 3 N–H and O–H groups in total. The lowest BCUT2D eigenvalue weighted by molar-refractivity contribution is -0.0830. The summed E-state index contributed by atoms with van der Waals surface area (Å²) in [4.78, 5) is 29.0. The van der Waals surface area contributed by atoms with Gasteiger partial charge >= 0.3 is 0 Å². The van der Waals surface area contributed by atoms with Crippen molar-refractivity contribution in [1.82, 2.24) is 9.97 Å². The second kappa shape index (κ2) is 9.28. The van der Waals surface area contributed by atoms with Crippen LogP contribution in [0, 0.1) is 17.6 Å². The molecule has 170 valence electrons. The number of nitrogens with zero attached hydrogens (tertiary/aromatic N) is 1. The standard InChI is InChI=1S/C13H13ClF4.C9H7N3O2/c1-7-6-8(4-5-13(7,17)18)9-2-3-10(15)12(16)11(9)14;10-9(14)8-7-5(1-3-12-8)11-4-2-6(7)13/h2-3,7-8H,4-6H2,1H3;1-4H,(H2,10,14)(H,11,13). The minimum absolute atomic E-state index is 0.00403. The largest absolute Gasteiger partial charge is 0.364 e. The smallest absolute Gasteiger partial charge is 0.268 e. The maximum atomic E-state index is 13.4. The first-order valence-corrected chi connectivity index (χ1v) is 10.2. The average Bonchev–Trinajstić information content (AvgIpc) is 2.75. The topological polar surface area (TPSA) is 88.8 Å². The Kier molecular flexibility index (Phi) is 6.88. The molecule has 1 aromatic carbocycles. The van der Waals surface area contributed by atoms with Gasteiger partial charge in [-0.25, -0.2) is 17.6 Å². The van der Waals surface area contributed by atoms with Crippen LogP contribution in [-0.4, -0.2) is 21.8 Å². The fourth-order valence-electron chi connectivity index (χ4n) is 3.78. The first-order valence-electron chi connectivity index (χ1n) is 9.80. The number of halogens is 5. The molecule has 2 unspecified atom stereocenters. The van der Waals surface area contributed by atoms with Crippen LogP contribution in [0.5, 0.6) is 0 Å². The molecule has 2 heterocycles. The van der Waals surface area contributed by atoms with Crippen LogP contribution >= 0.6 is 11.6 Å². The van der Waals surface area contributed by atoms with Crippen LogP contribution in [0.2, 0.25) is 5.02 Å². The number of aromatic amines is 1. The van der Waals surface area contributed by atoms with Gasteiger partial charge in [-0.05, 0) is 36.5 Å². The van der Waals surface area contributed by atoms with Gasteiger partial charge in [-0.15, -0.1) is 0 Å². The van der Waals surface area contributed by atoms with E-state index in [-0.39, 0.29) is 46.7 Å². The van der Waals surface area contributed by atoms with Crippen molar-refractivity contribution in [2.45, 2.75) is 38.0 Å². The van der Waals surface area contributed by atoms with Crippen molar-refractivity contribution in [3.63, 3.8) is 0 Å². The summed E-state index contributed by atoms with van der Waals surface area (Å²) in [5.41, 5.74) is 5.82. The highest BCUT2D eigenvalue weighted by Crippen LogP contribution is 2.46. The van der Waals surface area contributed by atoms with Crippen molar-refractivity contribution in [2.75, 3.05) is 0 Å². The van der Waals surface area contributed by atoms with Crippen molar-refractivity contribution in [2.24, 2.45) is 11.7 Å². The molecule has 1 aliphatic carbocycles. The third kappa shape index (κ3) is 4.77. The van der Waals surface area contributed by atoms with E-state index in [9.17, 15) is 27.2 Å². The summed E-state index contributed by atoms with van der Waals surface area (Å²) in [7, 11) is 0. The van der Waals surface area contributed by atoms with Crippen molar-refractivity contribution in [1.29, 1.82) is 0 Å². The minimum atomic E-state index is -2.68. The molecule has 0 spiro atoms. The molecule has 10 heteroatoms. The summed E-state index contributed by atoms with van der Waals surface area (Å²) < 4.78 is 53.0. The first kappa shape index (κ1) is 23.7. The zero-order valence-corrected chi connectivity index (χ0v) is 17.7. The van der Waals surface area contributed by atoms with Gasteiger partial charge in [-0.3, -0.25) is 14.6 Å². The number of rotatable bonds is 2. The Labute approximate surface area is 185 Å². The van der Waals surface area contributed by atoms with Crippen LogP contribution in [0.25, 0.3) is 10.9 Å². The molecule has 0 aliphatic heterocycles. The second-order valence-corrected chi connectivity index (χ2v) is 8.06. The van der Waals surface area contributed by atoms with E-state index >= 15 is 0 Å². The Morgan fingerprint density at radius 1 is 1.25 bits per heavy atom. The number of benzene rings is 1. The Morgan fingerprint density at radius 3 is 2.62 bits per heavy atom. The molecule has 4 rings (SSSR count). The van der Waals surface area contributed by atoms with Gasteiger partial charge in [0.15, 0.2) is 17.1 Å². The summed E-state index contributed by atoms with van der Waals surface area (Å²) in [6.45, 7) is 1.47. The van der Waals surface area contributed by atoms with E-state index in [1.807, 2.05) is 0 Å². The van der Waals surface area contributed by atoms with E-state index in [0.29, 0.717) is 11.1 Å². The van der Waals surface area contributed by atoms with Crippen LogP contribution < -0.4 is 11.2 Å². The lowest BCUT2D eigenvalue weighted by atomic mass is 9.76. The van der Waals surface area contributed by atoms with Gasteiger partial charge in [0.05, 0.1) is 15.9 Å². The highest BCUT2D eigenvalue weighted by atomic mass is 35.5. The molecule has 5 nitrogen and oxygen atoms in total. The zero-order valence-electron chi connectivity index (χ0n) is 17.0.